The second kappa shape index (κ2) is 6.79. The molecule has 3 nitrogen and oxygen atoms in total. The minimum atomic E-state index is -0.548. The first-order valence-corrected chi connectivity index (χ1v) is 4.99. The lowest BCUT2D eigenvalue weighted by Gasteiger charge is -2.28. The molecule has 0 aromatic rings. The van der Waals surface area contributed by atoms with E-state index in [4.69, 9.17) is 10.5 Å². The fourth-order valence-corrected chi connectivity index (χ4v) is 1.69. The molecular formula is C12H16N2O. The van der Waals surface area contributed by atoms with E-state index in [1.165, 1.54) is 6.92 Å². The fourth-order valence-electron chi connectivity index (χ4n) is 1.69. The van der Waals surface area contributed by atoms with Crippen LogP contribution in [-0.2, 0) is 4.79 Å². The molecule has 0 fully saturated rings. The topological polar surface area (TPSA) is 64.7 Å². The highest BCUT2D eigenvalue weighted by molar-refractivity contribution is 5.82. The van der Waals surface area contributed by atoms with E-state index >= 15 is 0 Å². The molecule has 0 aromatic carbocycles. The summed E-state index contributed by atoms with van der Waals surface area (Å²) >= 11 is 0. The van der Waals surface area contributed by atoms with Crippen LogP contribution in [0, 0.1) is 28.1 Å². The maximum Gasteiger partial charge on any atom is 0.136 e. The monoisotopic (exact) mass is 204 g/mol. The van der Waals surface area contributed by atoms with Crippen molar-refractivity contribution in [3.63, 3.8) is 0 Å². The van der Waals surface area contributed by atoms with Gasteiger partial charge >= 0.3 is 0 Å². The van der Waals surface area contributed by atoms with Crippen molar-refractivity contribution in [2.45, 2.75) is 39.0 Å². The van der Waals surface area contributed by atoms with Gasteiger partial charge in [-0.1, -0.05) is 6.08 Å². The molecule has 0 rings (SSSR count). The van der Waals surface area contributed by atoms with E-state index in [1.54, 1.807) is 6.08 Å². The number of allylic oxidation sites excluding steroid dienone is 1. The lowest BCUT2D eigenvalue weighted by atomic mass is 9.73. The Bertz CT molecular complexity index is 289. The van der Waals surface area contributed by atoms with E-state index in [2.05, 4.69) is 6.58 Å². The predicted octanol–water partition coefficient (Wildman–Crippen LogP) is 2.75. The van der Waals surface area contributed by atoms with Crippen LogP contribution in [0.4, 0.5) is 0 Å². The first-order valence-electron chi connectivity index (χ1n) is 4.99. The number of hydrogen-bond acceptors (Lipinski definition) is 3. The van der Waals surface area contributed by atoms with Crippen molar-refractivity contribution < 1.29 is 4.79 Å². The second-order valence-electron chi connectivity index (χ2n) is 3.65. The Morgan fingerprint density at radius 3 is 2.07 bits per heavy atom. The lowest BCUT2D eigenvalue weighted by Crippen LogP contribution is -2.28. The third kappa shape index (κ3) is 3.95. The summed E-state index contributed by atoms with van der Waals surface area (Å²) in [4.78, 5) is 11.6. The molecule has 0 spiro atoms. The van der Waals surface area contributed by atoms with Crippen LogP contribution in [0.3, 0.4) is 0 Å². The maximum atomic E-state index is 11.6. The van der Waals surface area contributed by atoms with Gasteiger partial charge in [-0.05, 0) is 26.2 Å². The molecule has 0 saturated heterocycles. The van der Waals surface area contributed by atoms with Gasteiger partial charge in [-0.25, -0.2) is 0 Å². The zero-order valence-corrected chi connectivity index (χ0v) is 9.12. The van der Waals surface area contributed by atoms with Gasteiger partial charge in [0.05, 0.1) is 12.1 Å². The number of carbonyl (C=O) groups is 1. The summed E-state index contributed by atoms with van der Waals surface area (Å²) in [6, 6.07) is 4.09. The Labute approximate surface area is 91.0 Å². The molecule has 0 aliphatic carbocycles. The van der Waals surface area contributed by atoms with Crippen LogP contribution in [0.1, 0.15) is 39.0 Å². The van der Waals surface area contributed by atoms with Gasteiger partial charge in [0.25, 0.3) is 0 Å². The van der Waals surface area contributed by atoms with E-state index in [9.17, 15) is 4.79 Å². The van der Waals surface area contributed by atoms with Crippen LogP contribution in [0.5, 0.6) is 0 Å². The average molecular weight is 204 g/mol. The predicted molar refractivity (Wildman–Crippen MR) is 57.6 cm³/mol. The van der Waals surface area contributed by atoms with E-state index in [-0.39, 0.29) is 5.78 Å². The Morgan fingerprint density at radius 2 is 1.80 bits per heavy atom. The maximum absolute atomic E-state index is 11.6. The van der Waals surface area contributed by atoms with Gasteiger partial charge in [-0.3, -0.25) is 4.79 Å². The van der Waals surface area contributed by atoms with Gasteiger partial charge in [0.2, 0.25) is 0 Å². The molecule has 15 heavy (non-hydrogen) atoms. The second-order valence-corrected chi connectivity index (χ2v) is 3.65. The van der Waals surface area contributed by atoms with Crippen molar-refractivity contribution in [1.29, 1.82) is 10.5 Å². The normalized spacial score (nSPS) is 10.1. The van der Waals surface area contributed by atoms with Gasteiger partial charge in [-0.15, -0.1) is 6.58 Å². The van der Waals surface area contributed by atoms with Crippen molar-refractivity contribution in [2.75, 3.05) is 0 Å². The summed E-state index contributed by atoms with van der Waals surface area (Å²) in [5, 5.41) is 17.1. The smallest absolute Gasteiger partial charge is 0.136 e. The van der Waals surface area contributed by atoms with Crippen LogP contribution < -0.4 is 0 Å². The molecule has 0 radical (unpaired) electrons. The number of rotatable bonds is 7. The summed E-state index contributed by atoms with van der Waals surface area (Å²) in [5.74, 6) is 0.0490. The third-order valence-electron chi connectivity index (χ3n) is 2.71. The molecule has 0 saturated carbocycles. The summed E-state index contributed by atoms with van der Waals surface area (Å²) in [7, 11) is 0. The number of Topliss-reactive ketones (excluding diaryl/α,β-unsaturated/α-hetero) is 1. The van der Waals surface area contributed by atoms with Crippen molar-refractivity contribution in [3.05, 3.63) is 12.7 Å². The molecule has 0 N–H and O–H groups in total. The quantitative estimate of drug-likeness (QED) is 0.599. The Balaban J connectivity index is 4.74. The summed E-state index contributed by atoms with van der Waals surface area (Å²) in [5.41, 5.74) is -0.548. The molecule has 0 aliphatic heterocycles. The highest BCUT2D eigenvalue weighted by Crippen LogP contribution is 2.35. The van der Waals surface area contributed by atoms with E-state index in [0.717, 1.165) is 0 Å². The number of nitrogens with zero attached hydrogens (tertiary/aromatic N) is 2. The number of ketones is 1. The fraction of sp³-hybridized carbons (Fsp3) is 0.583. The standard InChI is InChI=1S/C12H16N2O/c1-3-6-12(11(2)15,7-4-9-13)8-5-10-14/h3H,1,4-8H2,2H3. The highest BCUT2D eigenvalue weighted by Gasteiger charge is 2.32. The first kappa shape index (κ1) is 13.4. The molecule has 0 amide bonds. The van der Waals surface area contributed by atoms with Crippen molar-refractivity contribution in [1.82, 2.24) is 0 Å². The number of hydrogen-bond donors (Lipinski definition) is 0. The number of nitriles is 2. The zero-order chi connectivity index (χ0) is 11.7. The van der Waals surface area contributed by atoms with Gasteiger partial charge in [-0.2, -0.15) is 10.5 Å². The molecule has 3 heteroatoms. The van der Waals surface area contributed by atoms with Crippen molar-refractivity contribution >= 4 is 5.78 Å². The molecule has 0 aromatic heterocycles. The van der Waals surface area contributed by atoms with Crippen LogP contribution in [0.15, 0.2) is 12.7 Å². The van der Waals surface area contributed by atoms with Crippen molar-refractivity contribution in [3.8, 4) is 12.1 Å². The van der Waals surface area contributed by atoms with Crippen LogP contribution >= 0.6 is 0 Å². The van der Waals surface area contributed by atoms with Gasteiger partial charge in [0, 0.05) is 18.3 Å². The SMILES string of the molecule is C=CCC(CCC#N)(CCC#N)C(C)=O. The Morgan fingerprint density at radius 1 is 1.33 bits per heavy atom. The number of carbonyl (C=O) groups excluding carboxylic acids is 1. The largest absolute Gasteiger partial charge is 0.299 e. The molecular weight excluding hydrogens is 188 g/mol. The van der Waals surface area contributed by atoms with Crippen LogP contribution in [-0.4, -0.2) is 5.78 Å². The van der Waals surface area contributed by atoms with Crippen LogP contribution in [0.2, 0.25) is 0 Å². The summed E-state index contributed by atoms with van der Waals surface area (Å²) in [6.45, 7) is 5.15. The molecule has 0 bridgehead atoms. The third-order valence-corrected chi connectivity index (χ3v) is 2.71. The summed E-state index contributed by atoms with van der Waals surface area (Å²) in [6.07, 6.45) is 3.97. The minimum absolute atomic E-state index is 0.0490. The molecule has 0 heterocycles. The molecule has 80 valence electrons. The molecule has 0 atom stereocenters. The van der Waals surface area contributed by atoms with Crippen molar-refractivity contribution in [2.24, 2.45) is 5.41 Å². The molecule has 0 unspecified atom stereocenters. The van der Waals surface area contributed by atoms with Gasteiger partial charge < -0.3 is 0 Å². The summed E-state index contributed by atoms with van der Waals surface area (Å²) < 4.78 is 0. The van der Waals surface area contributed by atoms with E-state index in [0.29, 0.717) is 32.1 Å². The van der Waals surface area contributed by atoms with Gasteiger partial charge in [0.1, 0.15) is 5.78 Å². The zero-order valence-electron chi connectivity index (χ0n) is 9.12. The Hall–Kier alpha value is -1.61. The minimum Gasteiger partial charge on any atom is -0.299 e. The van der Waals surface area contributed by atoms with Gasteiger partial charge in [0.15, 0.2) is 0 Å². The first-order chi connectivity index (χ1) is 7.13. The van der Waals surface area contributed by atoms with E-state index in [1.807, 2.05) is 12.1 Å². The Kier molecular flexibility index (Phi) is 6.06. The van der Waals surface area contributed by atoms with Crippen LogP contribution in [0.25, 0.3) is 0 Å². The lowest BCUT2D eigenvalue weighted by molar-refractivity contribution is -0.127. The average Bonchev–Trinajstić information content (AvgIpc) is 2.22. The van der Waals surface area contributed by atoms with E-state index < -0.39 is 5.41 Å². The molecule has 0 aliphatic rings. The highest BCUT2D eigenvalue weighted by atomic mass is 16.1.